The van der Waals surface area contributed by atoms with Crippen molar-refractivity contribution in [3.05, 3.63) is 152 Å². The summed E-state index contributed by atoms with van der Waals surface area (Å²) in [5.74, 6) is -0.700. The SMILES string of the molecule is O=C1/C(=C\c2cccc([N+](=O)[O-])c2)C2=C(C(=O)N(c3ccccc3)C2c2ccc(Cl)cc2)N1c1ccccc1. The number of benzene rings is 4. The van der Waals surface area contributed by atoms with Crippen LogP contribution in [0.15, 0.2) is 126 Å². The molecular weight excluding hydrogens is 514 g/mol. The van der Waals surface area contributed by atoms with E-state index in [-0.39, 0.29) is 23.2 Å². The predicted octanol–water partition coefficient (Wildman–Crippen LogP) is 6.72. The van der Waals surface area contributed by atoms with Crippen molar-refractivity contribution in [3.63, 3.8) is 0 Å². The third-order valence-corrected chi connectivity index (χ3v) is 7.03. The minimum absolute atomic E-state index is 0.0911. The second-order valence-electron chi connectivity index (χ2n) is 9.11. The second-order valence-corrected chi connectivity index (χ2v) is 9.55. The molecule has 0 bridgehead atoms. The Balaban J connectivity index is 1.61. The van der Waals surface area contributed by atoms with Crippen molar-refractivity contribution in [2.45, 2.75) is 6.04 Å². The van der Waals surface area contributed by atoms with E-state index in [2.05, 4.69) is 0 Å². The van der Waals surface area contributed by atoms with Crippen molar-refractivity contribution >= 4 is 46.6 Å². The number of para-hydroxylation sites is 2. The van der Waals surface area contributed by atoms with Crippen LogP contribution in [0.3, 0.4) is 0 Å². The highest BCUT2D eigenvalue weighted by Gasteiger charge is 2.52. The Labute approximate surface area is 229 Å². The van der Waals surface area contributed by atoms with E-state index in [1.807, 2.05) is 48.5 Å². The number of hydrogen-bond acceptors (Lipinski definition) is 4. The highest BCUT2D eigenvalue weighted by molar-refractivity contribution is 6.31. The van der Waals surface area contributed by atoms with Gasteiger partial charge in [0, 0.05) is 39.7 Å². The van der Waals surface area contributed by atoms with Crippen molar-refractivity contribution in [2.24, 2.45) is 0 Å². The number of hydrogen-bond donors (Lipinski definition) is 0. The topological polar surface area (TPSA) is 83.8 Å². The molecule has 8 heteroatoms. The molecule has 0 spiro atoms. The molecule has 2 aliphatic heterocycles. The van der Waals surface area contributed by atoms with Crippen molar-refractivity contribution in [3.8, 4) is 0 Å². The maximum atomic E-state index is 14.2. The smallest absolute Gasteiger partial charge is 0.276 e. The van der Waals surface area contributed by atoms with Crippen molar-refractivity contribution in [1.29, 1.82) is 0 Å². The molecule has 4 aromatic carbocycles. The van der Waals surface area contributed by atoms with E-state index in [0.29, 0.717) is 33.1 Å². The number of nitro groups is 1. The molecule has 0 saturated carbocycles. The molecule has 6 rings (SSSR count). The van der Waals surface area contributed by atoms with Crippen molar-refractivity contribution in [1.82, 2.24) is 0 Å². The summed E-state index contributed by atoms with van der Waals surface area (Å²) in [7, 11) is 0. The molecule has 2 aliphatic rings. The first-order chi connectivity index (χ1) is 18.9. The number of halogens is 1. The average molecular weight is 534 g/mol. The first kappa shape index (κ1) is 24.3. The summed E-state index contributed by atoms with van der Waals surface area (Å²) in [5.41, 5.74) is 3.47. The number of carbonyl (C=O) groups is 2. The highest BCUT2D eigenvalue weighted by atomic mass is 35.5. The molecular formula is C31H20ClN3O4. The van der Waals surface area contributed by atoms with Gasteiger partial charge in [-0.3, -0.25) is 29.5 Å². The van der Waals surface area contributed by atoms with Crippen molar-refractivity contribution in [2.75, 3.05) is 9.80 Å². The molecule has 0 aliphatic carbocycles. The normalized spacial score (nSPS) is 17.8. The van der Waals surface area contributed by atoms with Crippen LogP contribution < -0.4 is 9.80 Å². The molecule has 1 atom stereocenters. The van der Waals surface area contributed by atoms with Gasteiger partial charge in [0.25, 0.3) is 17.5 Å². The van der Waals surface area contributed by atoms with E-state index in [4.69, 9.17) is 11.6 Å². The van der Waals surface area contributed by atoms with Crippen LogP contribution in [0.4, 0.5) is 17.1 Å². The van der Waals surface area contributed by atoms with Gasteiger partial charge in [-0.1, -0.05) is 72.3 Å². The molecule has 0 fully saturated rings. The Kier molecular flexibility index (Phi) is 6.05. The van der Waals surface area contributed by atoms with Gasteiger partial charge in [0.15, 0.2) is 0 Å². The number of anilines is 2. The second kappa shape index (κ2) is 9.70. The van der Waals surface area contributed by atoms with Crippen LogP contribution in [0.1, 0.15) is 17.2 Å². The molecule has 0 N–H and O–H groups in total. The molecule has 7 nitrogen and oxygen atoms in total. The van der Waals surface area contributed by atoms with Gasteiger partial charge in [0.1, 0.15) is 5.70 Å². The van der Waals surface area contributed by atoms with Crippen LogP contribution in [0.25, 0.3) is 6.08 Å². The maximum Gasteiger partial charge on any atom is 0.276 e. The molecule has 2 amide bonds. The standard InChI is InChI=1S/C31H20ClN3O4/c32-22-16-14-21(15-17-22)28-27-26(19-20-8-7-13-25(18-20)35(38)39)30(36)34(24-11-5-2-6-12-24)29(27)31(37)33(28)23-9-3-1-4-10-23/h1-19,28H/b26-19-. The Morgan fingerprint density at radius 3 is 2.05 bits per heavy atom. The van der Waals surface area contributed by atoms with Crippen molar-refractivity contribution < 1.29 is 14.5 Å². The quantitative estimate of drug-likeness (QED) is 0.162. The van der Waals surface area contributed by atoms with Crippen LogP contribution in [-0.4, -0.2) is 16.7 Å². The molecule has 0 radical (unpaired) electrons. The fourth-order valence-corrected chi connectivity index (χ4v) is 5.23. The number of carbonyl (C=O) groups excluding carboxylic acids is 2. The lowest BCUT2D eigenvalue weighted by atomic mass is 9.93. The number of non-ortho nitro benzene ring substituents is 1. The van der Waals surface area contributed by atoms with Crippen LogP contribution in [0.5, 0.6) is 0 Å². The van der Waals surface area contributed by atoms with Crippen LogP contribution in [0.2, 0.25) is 5.02 Å². The zero-order chi connectivity index (χ0) is 27.1. The Bertz CT molecular complexity index is 1680. The average Bonchev–Trinajstić information content (AvgIpc) is 3.41. The first-order valence-corrected chi connectivity index (χ1v) is 12.6. The lowest BCUT2D eigenvalue weighted by Crippen LogP contribution is -2.38. The third-order valence-electron chi connectivity index (χ3n) is 6.78. The molecule has 190 valence electrons. The lowest BCUT2D eigenvalue weighted by Gasteiger charge is -2.30. The van der Waals surface area contributed by atoms with Gasteiger partial charge in [0.05, 0.1) is 11.0 Å². The molecule has 0 saturated heterocycles. The summed E-state index contributed by atoms with van der Waals surface area (Å²) in [5, 5.41) is 12.0. The van der Waals surface area contributed by atoms with Gasteiger partial charge in [-0.2, -0.15) is 0 Å². The summed E-state index contributed by atoms with van der Waals surface area (Å²) in [4.78, 5) is 42.3. The molecule has 1 unspecified atom stereocenters. The van der Waals surface area contributed by atoms with Gasteiger partial charge >= 0.3 is 0 Å². The fourth-order valence-electron chi connectivity index (χ4n) is 5.11. The Hall–Kier alpha value is -5.01. The lowest BCUT2D eigenvalue weighted by molar-refractivity contribution is -0.384. The van der Waals surface area contributed by atoms with E-state index in [1.165, 1.54) is 17.0 Å². The summed E-state index contributed by atoms with van der Waals surface area (Å²) in [6.07, 6.45) is 1.62. The molecule has 0 aromatic heterocycles. The van der Waals surface area contributed by atoms with E-state index in [9.17, 15) is 19.7 Å². The number of nitrogens with zero attached hydrogens (tertiary/aromatic N) is 3. The summed E-state index contributed by atoms with van der Waals surface area (Å²) >= 11 is 6.19. The molecule has 4 aromatic rings. The monoisotopic (exact) mass is 533 g/mol. The molecule has 2 heterocycles. The van der Waals surface area contributed by atoms with Crippen LogP contribution >= 0.6 is 11.6 Å². The first-order valence-electron chi connectivity index (χ1n) is 12.2. The fraction of sp³-hybridized carbons (Fsp3) is 0.0323. The zero-order valence-electron chi connectivity index (χ0n) is 20.4. The van der Waals surface area contributed by atoms with Crippen LogP contribution in [-0.2, 0) is 9.59 Å². The summed E-state index contributed by atoms with van der Waals surface area (Å²) in [6, 6.07) is 30.9. The van der Waals surface area contributed by atoms with Gasteiger partial charge in [-0.25, -0.2) is 0 Å². The number of rotatable bonds is 5. The van der Waals surface area contributed by atoms with E-state index >= 15 is 0 Å². The zero-order valence-corrected chi connectivity index (χ0v) is 21.2. The van der Waals surface area contributed by atoms with E-state index < -0.39 is 11.0 Å². The largest absolute Gasteiger partial charge is 0.295 e. The maximum absolute atomic E-state index is 14.2. The van der Waals surface area contributed by atoms with Gasteiger partial charge < -0.3 is 0 Å². The minimum Gasteiger partial charge on any atom is -0.295 e. The minimum atomic E-state index is -0.630. The summed E-state index contributed by atoms with van der Waals surface area (Å²) in [6.45, 7) is 0. The van der Waals surface area contributed by atoms with Gasteiger partial charge in [-0.15, -0.1) is 0 Å². The Morgan fingerprint density at radius 2 is 1.41 bits per heavy atom. The third kappa shape index (κ3) is 4.19. The van der Waals surface area contributed by atoms with Crippen LogP contribution in [0, 0.1) is 10.1 Å². The number of nitro benzene ring substituents is 1. The van der Waals surface area contributed by atoms with Gasteiger partial charge in [-0.05, 0) is 53.6 Å². The Morgan fingerprint density at radius 1 is 0.769 bits per heavy atom. The molecule has 39 heavy (non-hydrogen) atoms. The summed E-state index contributed by atoms with van der Waals surface area (Å²) < 4.78 is 0. The highest BCUT2D eigenvalue weighted by Crippen LogP contribution is 2.50. The van der Waals surface area contributed by atoms with Gasteiger partial charge in [0.2, 0.25) is 0 Å². The van der Waals surface area contributed by atoms with E-state index in [1.54, 1.807) is 59.5 Å². The van der Waals surface area contributed by atoms with E-state index in [0.717, 1.165) is 5.56 Å². The predicted molar refractivity (Wildman–Crippen MR) is 150 cm³/mol. The number of amides is 2.